The molecule has 0 saturated carbocycles. The molecule has 0 aliphatic rings. The summed E-state index contributed by atoms with van der Waals surface area (Å²) in [5.74, 6) is -1.22. The Bertz CT molecular complexity index is 537. The molecule has 1 radical (unpaired) electrons. The summed E-state index contributed by atoms with van der Waals surface area (Å²) in [5.41, 5.74) is 0.881. The van der Waals surface area contributed by atoms with Gasteiger partial charge >= 0.3 is 113 Å². The van der Waals surface area contributed by atoms with Gasteiger partial charge < -0.3 is 0 Å². The van der Waals surface area contributed by atoms with Crippen molar-refractivity contribution in [3.63, 3.8) is 0 Å². The van der Waals surface area contributed by atoms with Crippen molar-refractivity contribution in [3.8, 4) is 0 Å². The van der Waals surface area contributed by atoms with Crippen LogP contribution in [0.25, 0.3) is 0 Å². The molecule has 0 aromatic heterocycles. The van der Waals surface area contributed by atoms with E-state index < -0.39 is 11.9 Å². The topological polar surface area (TPSA) is 37.3 Å². The molecule has 2 rings (SSSR count). The average Bonchev–Trinajstić information content (AvgIpc) is 2.39. The summed E-state index contributed by atoms with van der Waals surface area (Å²) >= 11 is -0.0697. The predicted molar refractivity (Wildman–Crippen MR) is 74.0 cm³/mol. The molecule has 91 valence electrons. The van der Waals surface area contributed by atoms with Gasteiger partial charge in [0.25, 0.3) is 0 Å². The van der Waals surface area contributed by atoms with Crippen LogP contribution >= 0.6 is 0 Å². The molecule has 2 nitrogen and oxygen atoms in total. The van der Waals surface area contributed by atoms with Gasteiger partial charge in [0, 0.05) is 0 Å². The van der Waals surface area contributed by atoms with Gasteiger partial charge in [0.2, 0.25) is 0 Å². The van der Waals surface area contributed by atoms with Crippen molar-refractivity contribution >= 4 is 30.4 Å². The number of benzene rings is 2. The fraction of sp³-hybridized carbons (Fsp3) is 0.133. The standard InChI is InChI=1S/C15H14AsO2/c1-11(15(17)18)12-6-5-9-14(10-12)16-13-7-3-2-4-8-13/h2-11H,1H3,(H,17,18). The van der Waals surface area contributed by atoms with Gasteiger partial charge in [-0.1, -0.05) is 0 Å². The van der Waals surface area contributed by atoms with Crippen LogP contribution in [0.5, 0.6) is 0 Å². The molecule has 0 aliphatic carbocycles. The first kappa shape index (κ1) is 12.9. The first-order chi connectivity index (χ1) is 8.66. The molecule has 2 aromatic carbocycles. The summed E-state index contributed by atoms with van der Waals surface area (Å²) in [6.45, 7) is 1.72. The summed E-state index contributed by atoms with van der Waals surface area (Å²) in [7, 11) is 0. The Morgan fingerprint density at radius 2 is 1.72 bits per heavy atom. The van der Waals surface area contributed by atoms with Crippen LogP contribution in [-0.2, 0) is 4.79 Å². The Labute approximate surface area is 113 Å². The van der Waals surface area contributed by atoms with Crippen LogP contribution in [0.1, 0.15) is 18.4 Å². The van der Waals surface area contributed by atoms with E-state index in [0.29, 0.717) is 0 Å². The SMILES string of the molecule is CC(C(=O)O)c1cccc([As]c2ccccc2)c1. The van der Waals surface area contributed by atoms with Crippen molar-refractivity contribution in [1.82, 2.24) is 0 Å². The van der Waals surface area contributed by atoms with Crippen molar-refractivity contribution < 1.29 is 9.90 Å². The molecule has 0 bridgehead atoms. The summed E-state index contributed by atoms with van der Waals surface area (Å²) < 4.78 is 2.57. The number of carboxylic acids is 1. The van der Waals surface area contributed by atoms with Crippen molar-refractivity contribution in [2.75, 3.05) is 0 Å². The van der Waals surface area contributed by atoms with Gasteiger partial charge in [0.1, 0.15) is 0 Å². The summed E-state index contributed by atoms with van der Waals surface area (Å²) in [6.07, 6.45) is 0. The zero-order chi connectivity index (χ0) is 13.0. The molecule has 2 aromatic rings. The molecule has 0 spiro atoms. The molecule has 0 saturated heterocycles. The predicted octanol–water partition coefficient (Wildman–Crippen LogP) is 1.53. The summed E-state index contributed by atoms with van der Waals surface area (Å²) in [5, 5.41) is 9.02. The Hall–Kier alpha value is -1.53. The zero-order valence-corrected chi connectivity index (χ0v) is 12.0. The van der Waals surface area contributed by atoms with E-state index in [9.17, 15) is 4.79 Å². The maximum absolute atomic E-state index is 11.0. The minimum absolute atomic E-state index is 0.0697. The molecule has 1 N–H and O–H groups in total. The number of carboxylic acid groups (broad SMARTS) is 1. The normalized spacial score (nSPS) is 12.7. The van der Waals surface area contributed by atoms with E-state index in [2.05, 4.69) is 18.2 Å². The van der Waals surface area contributed by atoms with E-state index >= 15 is 0 Å². The van der Waals surface area contributed by atoms with Crippen LogP contribution < -0.4 is 8.70 Å². The molecular weight excluding hydrogens is 287 g/mol. The van der Waals surface area contributed by atoms with Crippen molar-refractivity contribution in [3.05, 3.63) is 60.2 Å². The van der Waals surface area contributed by atoms with E-state index in [0.717, 1.165) is 5.56 Å². The number of hydrogen-bond acceptors (Lipinski definition) is 1. The van der Waals surface area contributed by atoms with Crippen LogP contribution in [0.2, 0.25) is 0 Å². The van der Waals surface area contributed by atoms with Gasteiger partial charge in [-0.25, -0.2) is 0 Å². The second-order valence-corrected chi connectivity index (χ2v) is 6.74. The molecule has 0 aliphatic heterocycles. The van der Waals surface area contributed by atoms with Gasteiger partial charge in [-0.05, 0) is 0 Å². The molecule has 0 heterocycles. The fourth-order valence-corrected chi connectivity index (χ4v) is 3.74. The second-order valence-electron chi connectivity index (χ2n) is 4.10. The third kappa shape index (κ3) is 3.24. The Morgan fingerprint density at radius 3 is 2.39 bits per heavy atom. The van der Waals surface area contributed by atoms with Gasteiger partial charge in [0.15, 0.2) is 0 Å². The molecular formula is C15H14AsO2. The quantitative estimate of drug-likeness (QED) is 0.870. The van der Waals surface area contributed by atoms with E-state index in [1.165, 1.54) is 8.70 Å². The number of carbonyl (C=O) groups is 1. The van der Waals surface area contributed by atoms with Crippen molar-refractivity contribution in [2.45, 2.75) is 12.8 Å². The Balaban J connectivity index is 2.20. The van der Waals surface area contributed by atoms with Gasteiger partial charge in [-0.2, -0.15) is 0 Å². The van der Waals surface area contributed by atoms with Crippen LogP contribution in [0, 0.1) is 0 Å². The fourth-order valence-electron chi connectivity index (χ4n) is 1.66. The van der Waals surface area contributed by atoms with E-state index in [1.54, 1.807) is 6.92 Å². The van der Waals surface area contributed by atoms with Crippen LogP contribution in [0.15, 0.2) is 54.6 Å². The third-order valence-electron chi connectivity index (χ3n) is 2.76. The second kappa shape index (κ2) is 5.88. The average molecular weight is 301 g/mol. The molecule has 0 amide bonds. The summed E-state index contributed by atoms with van der Waals surface area (Å²) in [6, 6.07) is 18.2. The first-order valence-corrected chi connectivity index (χ1v) is 7.64. The van der Waals surface area contributed by atoms with Gasteiger partial charge in [-0.3, -0.25) is 0 Å². The monoisotopic (exact) mass is 301 g/mol. The van der Waals surface area contributed by atoms with Crippen LogP contribution in [0.4, 0.5) is 0 Å². The number of hydrogen-bond donors (Lipinski definition) is 1. The maximum atomic E-state index is 11.0. The Morgan fingerprint density at radius 1 is 1.06 bits per heavy atom. The Kier molecular flexibility index (Phi) is 4.22. The molecule has 1 atom stereocenters. The van der Waals surface area contributed by atoms with E-state index in [-0.39, 0.29) is 15.8 Å². The van der Waals surface area contributed by atoms with Gasteiger partial charge in [-0.15, -0.1) is 0 Å². The van der Waals surface area contributed by atoms with E-state index in [4.69, 9.17) is 5.11 Å². The number of rotatable bonds is 4. The first-order valence-electron chi connectivity index (χ1n) is 5.76. The minimum atomic E-state index is -0.775. The summed E-state index contributed by atoms with van der Waals surface area (Å²) in [4.78, 5) is 11.0. The molecule has 0 fully saturated rings. The van der Waals surface area contributed by atoms with E-state index in [1.807, 2.05) is 36.4 Å². The van der Waals surface area contributed by atoms with Crippen LogP contribution in [0.3, 0.4) is 0 Å². The van der Waals surface area contributed by atoms with Crippen LogP contribution in [-0.4, -0.2) is 26.8 Å². The van der Waals surface area contributed by atoms with Gasteiger partial charge in [0.05, 0.1) is 0 Å². The molecule has 1 unspecified atom stereocenters. The number of aliphatic carboxylic acids is 1. The van der Waals surface area contributed by atoms with Crippen molar-refractivity contribution in [2.24, 2.45) is 0 Å². The third-order valence-corrected chi connectivity index (χ3v) is 5.05. The molecule has 3 heteroatoms. The molecule has 18 heavy (non-hydrogen) atoms. The van der Waals surface area contributed by atoms with Crippen molar-refractivity contribution in [1.29, 1.82) is 0 Å². The zero-order valence-electron chi connectivity index (χ0n) is 10.1.